The molecule has 0 amide bonds. The molecule has 0 aromatic carbocycles. The molecule has 4 rings (SSSR count). The van der Waals surface area contributed by atoms with E-state index in [1.165, 1.54) is 16.8 Å². The third-order valence-electron chi connectivity index (χ3n) is 4.06. The normalized spacial score (nSPS) is 24.4. The van der Waals surface area contributed by atoms with Crippen LogP contribution in [0.2, 0.25) is 0 Å². The summed E-state index contributed by atoms with van der Waals surface area (Å²) in [4.78, 5) is 6.51. The van der Waals surface area contributed by atoms with Gasteiger partial charge in [0.05, 0.1) is 18.4 Å². The lowest BCUT2D eigenvalue weighted by Crippen LogP contribution is -2.43. The zero-order valence-electron chi connectivity index (χ0n) is 12.2. The van der Waals surface area contributed by atoms with Crippen molar-refractivity contribution in [1.29, 1.82) is 0 Å². The number of anilines is 1. The van der Waals surface area contributed by atoms with Crippen LogP contribution in [0.3, 0.4) is 0 Å². The monoisotopic (exact) mass is 328 g/mol. The van der Waals surface area contributed by atoms with Gasteiger partial charge in [0.25, 0.3) is 0 Å². The minimum absolute atomic E-state index is 0.0335. The van der Waals surface area contributed by atoms with Gasteiger partial charge in [-0.1, -0.05) is 0 Å². The van der Waals surface area contributed by atoms with E-state index in [0.717, 1.165) is 12.8 Å². The van der Waals surface area contributed by atoms with E-state index in [1.54, 1.807) is 6.07 Å². The lowest BCUT2D eigenvalue weighted by molar-refractivity contribution is -0.154. The van der Waals surface area contributed by atoms with Crippen LogP contribution >= 0.6 is 0 Å². The standard InChI is InChI=1S/C14H15F3N4O2/c15-14(16,17)8-22-13-5-12(19-11-3-4-18-21(11)13)20-6-9-1-2-10(7-20)23-9/h3-5,9-10H,1-2,6-8H2. The smallest absolute Gasteiger partial charge is 0.422 e. The molecule has 6 nitrogen and oxygen atoms in total. The molecule has 9 heteroatoms. The highest BCUT2D eigenvalue weighted by Crippen LogP contribution is 2.31. The van der Waals surface area contributed by atoms with Gasteiger partial charge in [0.2, 0.25) is 5.88 Å². The maximum Gasteiger partial charge on any atom is 0.422 e. The van der Waals surface area contributed by atoms with Crippen molar-refractivity contribution in [1.82, 2.24) is 14.6 Å². The van der Waals surface area contributed by atoms with E-state index in [2.05, 4.69) is 10.1 Å². The van der Waals surface area contributed by atoms with Gasteiger partial charge in [0, 0.05) is 25.2 Å². The number of halogens is 3. The SMILES string of the molecule is FC(F)(F)COc1cc(N2CC3CCC(C2)O3)nc2ccnn12. The number of alkyl halides is 3. The molecular formula is C14H15F3N4O2. The Labute approximate surface area is 129 Å². The summed E-state index contributed by atoms with van der Waals surface area (Å²) in [6, 6.07) is 3.15. The Bertz CT molecular complexity index is 706. The van der Waals surface area contributed by atoms with Crippen LogP contribution in [-0.4, -0.2) is 52.7 Å². The van der Waals surface area contributed by atoms with Crippen LogP contribution in [0.5, 0.6) is 5.88 Å². The highest BCUT2D eigenvalue weighted by Gasteiger charge is 2.35. The minimum atomic E-state index is -4.40. The summed E-state index contributed by atoms with van der Waals surface area (Å²) in [6.07, 6.45) is -0.579. The first-order valence-electron chi connectivity index (χ1n) is 7.43. The van der Waals surface area contributed by atoms with Gasteiger partial charge in [-0.15, -0.1) is 0 Å². The molecule has 0 radical (unpaired) electrons. The van der Waals surface area contributed by atoms with E-state index in [4.69, 9.17) is 9.47 Å². The number of morpholine rings is 1. The van der Waals surface area contributed by atoms with E-state index in [-0.39, 0.29) is 18.1 Å². The molecule has 2 saturated heterocycles. The number of hydrogen-bond donors (Lipinski definition) is 0. The summed E-state index contributed by atoms with van der Waals surface area (Å²) in [5.74, 6) is 0.626. The Morgan fingerprint density at radius 2 is 2.00 bits per heavy atom. The Morgan fingerprint density at radius 1 is 1.26 bits per heavy atom. The van der Waals surface area contributed by atoms with Gasteiger partial charge in [-0.05, 0) is 12.8 Å². The van der Waals surface area contributed by atoms with Gasteiger partial charge in [-0.3, -0.25) is 0 Å². The zero-order valence-corrected chi connectivity index (χ0v) is 12.2. The van der Waals surface area contributed by atoms with Crippen LogP contribution in [0.15, 0.2) is 18.3 Å². The van der Waals surface area contributed by atoms with Crippen molar-refractivity contribution in [3.05, 3.63) is 18.3 Å². The molecule has 2 aromatic rings. The van der Waals surface area contributed by atoms with Crippen molar-refractivity contribution >= 4 is 11.5 Å². The molecule has 2 aliphatic rings. The van der Waals surface area contributed by atoms with E-state index in [9.17, 15) is 13.2 Å². The maximum atomic E-state index is 12.4. The van der Waals surface area contributed by atoms with Crippen LogP contribution in [0.4, 0.5) is 19.0 Å². The Balaban J connectivity index is 1.64. The molecule has 2 aromatic heterocycles. The van der Waals surface area contributed by atoms with E-state index < -0.39 is 12.8 Å². The largest absolute Gasteiger partial charge is 0.468 e. The van der Waals surface area contributed by atoms with E-state index in [1.807, 2.05) is 4.90 Å². The van der Waals surface area contributed by atoms with Crippen molar-refractivity contribution < 1.29 is 22.6 Å². The highest BCUT2D eigenvalue weighted by molar-refractivity contribution is 5.52. The average molecular weight is 328 g/mol. The number of nitrogens with zero attached hydrogens (tertiary/aromatic N) is 4. The fourth-order valence-corrected chi connectivity index (χ4v) is 3.09. The van der Waals surface area contributed by atoms with E-state index in [0.29, 0.717) is 24.6 Å². The second-order valence-electron chi connectivity index (χ2n) is 5.82. The van der Waals surface area contributed by atoms with Crippen molar-refractivity contribution in [2.45, 2.75) is 31.2 Å². The summed E-state index contributed by atoms with van der Waals surface area (Å²) >= 11 is 0. The molecule has 2 atom stereocenters. The first-order valence-corrected chi connectivity index (χ1v) is 7.43. The number of aromatic nitrogens is 3. The predicted molar refractivity (Wildman–Crippen MR) is 74.6 cm³/mol. The summed E-state index contributed by atoms with van der Waals surface area (Å²) in [5, 5.41) is 3.97. The van der Waals surface area contributed by atoms with Crippen LogP contribution in [0.25, 0.3) is 5.65 Å². The predicted octanol–water partition coefficient (Wildman–Crippen LogP) is 2.04. The topological polar surface area (TPSA) is 51.9 Å². The molecule has 0 spiro atoms. The molecule has 2 unspecified atom stereocenters. The molecule has 0 aliphatic carbocycles. The number of fused-ring (bicyclic) bond motifs is 3. The zero-order chi connectivity index (χ0) is 16.0. The van der Waals surface area contributed by atoms with Crippen LogP contribution in [-0.2, 0) is 4.74 Å². The Morgan fingerprint density at radius 3 is 2.70 bits per heavy atom. The lowest BCUT2D eigenvalue weighted by Gasteiger charge is -2.33. The van der Waals surface area contributed by atoms with Crippen LogP contribution in [0.1, 0.15) is 12.8 Å². The van der Waals surface area contributed by atoms with Crippen molar-refractivity contribution in [2.24, 2.45) is 0 Å². The third-order valence-corrected chi connectivity index (χ3v) is 4.06. The van der Waals surface area contributed by atoms with Gasteiger partial charge in [0.15, 0.2) is 12.3 Å². The molecule has 124 valence electrons. The van der Waals surface area contributed by atoms with Crippen molar-refractivity contribution in [3.8, 4) is 5.88 Å². The number of rotatable bonds is 3. The van der Waals surface area contributed by atoms with E-state index >= 15 is 0 Å². The molecule has 0 N–H and O–H groups in total. The summed E-state index contributed by atoms with van der Waals surface area (Å²) in [6.45, 7) is 0.0127. The first-order chi connectivity index (χ1) is 11.0. The quantitative estimate of drug-likeness (QED) is 0.863. The maximum absolute atomic E-state index is 12.4. The Kier molecular flexibility index (Phi) is 3.33. The van der Waals surface area contributed by atoms with Crippen molar-refractivity contribution in [3.63, 3.8) is 0 Å². The third kappa shape index (κ3) is 2.92. The second kappa shape index (κ2) is 5.26. The van der Waals surface area contributed by atoms with Gasteiger partial charge < -0.3 is 14.4 Å². The van der Waals surface area contributed by atoms with Crippen molar-refractivity contribution in [2.75, 3.05) is 24.6 Å². The fourth-order valence-electron chi connectivity index (χ4n) is 3.09. The molecular weight excluding hydrogens is 313 g/mol. The molecule has 2 aliphatic heterocycles. The summed E-state index contributed by atoms with van der Waals surface area (Å²) in [5.41, 5.74) is 0.457. The molecule has 2 fully saturated rings. The number of ether oxygens (including phenoxy) is 2. The van der Waals surface area contributed by atoms with Gasteiger partial charge in [0.1, 0.15) is 5.82 Å². The minimum Gasteiger partial charge on any atom is -0.468 e. The second-order valence-corrected chi connectivity index (χ2v) is 5.82. The van der Waals surface area contributed by atoms with Gasteiger partial charge in [-0.2, -0.15) is 22.8 Å². The van der Waals surface area contributed by atoms with Crippen LogP contribution < -0.4 is 9.64 Å². The Hall–Kier alpha value is -2.03. The average Bonchev–Trinajstić information content (AvgIpc) is 3.10. The van der Waals surface area contributed by atoms with Gasteiger partial charge >= 0.3 is 6.18 Å². The van der Waals surface area contributed by atoms with Gasteiger partial charge in [-0.25, -0.2) is 4.98 Å². The first kappa shape index (κ1) is 14.6. The highest BCUT2D eigenvalue weighted by atomic mass is 19.4. The molecule has 0 saturated carbocycles. The molecule has 4 heterocycles. The van der Waals surface area contributed by atoms with Crippen LogP contribution in [0, 0.1) is 0 Å². The summed E-state index contributed by atoms with van der Waals surface area (Å²) in [7, 11) is 0. The summed E-state index contributed by atoms with van der Waals surface area (Å²) < 4.78 is 49.3. The molecule has 23 heavy (non-hydrogen) atoms. The number of hydrogen-bond acceptors (Lipinski definition) is 5. The molecule has 2 bridgehead atoms. The fraction of sp³-hybridized carbons (Fsp3) is 0.571. The lowest BCUT2D eigenvalue weighted by atomic mass is 10.2.